The van der Waals surface area contributed by atoms with Crippen LogP contribution in [0.2, 0.25) is 0 Å². The first-order valence-electron chi connectivity index (χ1n) is 9.87. The predicted octanol–water partition coefficient (Wildman–Crippen LogP) is 4.96. The van der Waals surface area contributed by atoms with Crippen molar-refractivity contribution in [3.05, 3.63) is 90.0 Å². The van der Waals surface area contributed by atoms with Crippen molar-refractivity contribution in [2.75, 3.05) is 25.1 Å². The molecule has 0 heterocycles. The van der Waals surface area contributed by atoms with Gasteiger partial charge in [-0.15, -0.1) is 0 Å². The SMILES string of the molecule is O=C(COC(=O)c1ccccc1OCCOc1ccccc1)Nc1ccc(C(F)(F)F)cc1. The minimum atomic E-state index is -4.47. The van der Waals surface area contributed by atoms with Gasteiger partial charge in [0.2, 0.25) is 0 Å². The van der Waals surface area contributed by atoms with Crippen molar-refractivity contribution in [2.24, 2.45) is 0 Å². The van der Waals surface area contributed by atoms with E-state index in [4.69, 9.17) is 14.2 Å². The Bertz CT molecular complexity index is 1070. The number of hydrogen-bond donors (Lipinski definition) is 1. The average molecular weight is 459 g/mol. The van der Waals surface area contributed by atoms with E-state index in [-0.39, 0.29) is 30.2 Å². The highest BCUT2D eigenvalue weighted by molar-refractivity contribution is 5.96. The van der Waals surface area contributed by atoms with Gasteiger partial charge in [0.15, 0.2) is 6.61 Å². The normalized spacial score (nSPS) is 10.9. The molecule has 0 fully saturated rings. The zero-order valence-electron chi connectivity index (χ0n) is 17.3. The fourth-order valence-electron chi connectivity index (χ4n) is 2.74. The fraction of sp³-hybridized carbons (Fsp3) is 0.167. The third-order valence-corrected chi connectivity index (χ3v) is 4.29. The highest BCUT2D eigenvalue weighted by atomic mass is 19.4. The fourth-order valence-corrected chi connectivity index (χ4v) is 2.74. The van der Waals surface area contributed by atoms with E-state index >= 15 is 0 Å². The van der Waals surface area contributed by atoms with Crippen LogP contribution in [0.5, 0.6) is 11.5 Å². The third kappa shape index (κ3) is 7.27. The standard InChI is InChI=1S/C24H20F3NO5/c25-24(26,27)17-10-12-18(13-11-17)28-22(29)16-33-23(30)20-8-4-5-9-21(20)32-15-14-31-19-6-2-1-3-7-19/h1-13H,14-16H2,(H,28,29). The highest BCUT2D eigenvalue weighted by Crippen LogP contribution is 2.29. The van der Waals surface area contributed by atoms with E-state index in [0.717, 1.165) is 24.3 Å². The number of rotatable bonds is 9. The summed E-state index contributed by atoms with van der Waals surface area (Å²) in [5, 5.41) is 2.37. The number of para-hydroxylation sites is 2. The van der Waals surface area contributed by atoms with E-state index in [1.54, 1.807) is 30.3 Å². The minimum absolute atomic E-state index is 0.125. The summed E-state index contributed by atoms with van der Waals surface area (Å²) in [4.78, 5) is 24.4. The number of benzene rings is 3. The molecule has 3 aromatic carbocycles. The second-order valence-electron chi connectivity index (χ2n) is 6.71. The molecular formula is C24H20F3NO5. The molecule has 3 rings (SSSR count). The largest absolute Gasteiger partial charge is 0.490 e. The summed E-state index contributed by atoms with van der Waals surface area (Å²) in [6.45, 7) is -0.193. The molecule has 0 spiro atoms. The Morgan fingerprint density at radius 1 is 0.788 bits per heavy atom. The van der Waals surface area contributed by atoms with Crippen LogP contribution in [0.4, 0.5) is 18.9 Å². The quantitative estimate of drug-likeness (QED) is 0.362. The van der Waals surface area contributed by atoms with Crippen LogP contribution in [-0.4, -0.2) is 31.7 Å². The van der Waals surface area contributed by atoms with Crippen molar-refractivity contribution in [3.63, 3.8) is 0 Å². The predicted molar refractivity (Wildman–Crippen MR) is 114 cm³/mol. The summed E-state index contributed by atoms with van der Waals surface area (Å²) in [6, 6.07) is 19.5. The maximum absolute atomic E-state index is 12.6. The molecule has 33 heavy (non-hydrogen) atoms. The molecule has 1 amide bonds. The highest BCUT2D eigenvalue weighted by Gasteiger charge is 2.30. The van der Waals surface area contributed by atoms with Crippen molar-refractivity contribution < 1.29 is 37.0 Å². The Morgan fingerprint density at radius 3 is 2.12 bits per heavy atom. The Morgan fingerprint density at radius 2 is 1.42 bits per heavy atom. The number of carbonyl (C=O) groups is 2. The van der Waals surface area contributed by atoms with E-state index in [0.29, 0.717) is 5.75 Å². The maximum Gasteiger partial charge on any atom is 0.416 e. The van der Waals surface area contributed by atoms with Gasteiger partial charge in [0, 0.05) is 5.69 Å². The number of halogens is 3. The van der Waals surface area contributed by atoms with Crippen LogP contribution in [0.3, 0.4) is 0 Å². The number of esters is 1. The number of carbonyl (C=O) groups excluding carboxylic acids is 2. The molecule has 6 nitrogen and oxygen atoms in total. The molecule has 0 aliphatic carbocycles. The molecule has 0 saturated heterocycles. The summed E-state index contributed by atoms with van der Waals surface area (Å²) >= 11 is 0. The van der Waals surface area contributed by atoms with Crippen LogP contribution in [0.1, 0.15) is 15.9 Å². The first kappa shape index (κ1) is 23.6. The van der Waals surface area contributed by atoms with Crippen LogP contribution in [0, 0.1) is 0 Å². The van der Waals surface area contributed by atoms with Crippen LogP contribution < -0.4 is 14.8 Å². The van der Waals surface area contributed by atoms with Crippen molar-refractivity contribution >= 4 is 17.6 Å². The molecule has 0 radical (unpaired) electrons. The summed E-state index contributed by atoms with van der Waals surface area (Å²) in [5.41, 5.74) is -0.566. The molecule has 0 saturated carbocycles. The van der Waals surface area contributed by atoms with Gasteiger partial charge >= 0.3 is 12.1 Å². The molecule has 0 unspecified atom stereocenters. The molecule has 0 aliphatic heterocycles. The lowest BCUT2D eigenvalue weighted by molar-refractivity contribution is -0.137. The van der Waals surface area contributed by atoms with E-state index in [1.807, 2.05) is 18.2 Å². The Kier molecular flexibility index (Phi) is 7.91. The number of ether oxygens (including phenoxy) is 3. The van der Waals surface area contributed by atoms with Gasteiger partial charge in [0.1, 0.15) is 30.3 Å². The molecule has 0 bridgehead atoms. The van der Waals surface area contributed by atoms with Gasteiger partial charge in [0.25, 0.3) is 5.91 Å². The van der Waals surface area contributed by atoms with Crippen LogP contribution in [0.15, 0.2) is 78.9 Å². The molecule has 1 N–H and O–H groups in total. The molecule has 3 aromatic rings. The average Bonchev–Trinajstić information content (AvgIpc) is 2.81. The zero-order chi connectivity index (χ0) is 23.7. The van der Waals surface area contributed by atoms with Gasteiger partial charge in [0.05, 0.1) is 5.56 Å². The topological polar surface area (TPSA) is 73.9 Å². The van der Waals surface area contributed by atoms with Gasteiger partial charge in [-0.1, -0.05) is 30.3 Å². The van der Waals surface area contributed by atoms with Crippen LogP contribution in [0.25, 0.3) is 0 Å². The summed E-state index contributed by atoms with van der Waals surface area (Å²) in [5.74, 6) is -0.523. The van der Waals surface area contributed by atoms with Gasteiger partial charge in [-0.25, -0.2) is 4.79 Å². The van der Waals surface area contributed by atoms with Crippen molar-refractivity contribution in [3.8, 4) is 11.5 Å². The first-order chi connectivity index (χ1) is 15.8. The van der Waals surface area contributed by atoms with Crippen molar-refractivity contribution in [1.82, 2.24) is 0 Å². The Balaban J connectivity index is 1.48. The van der Waals surface area contributed by atoms with Gasteiger partial charge in [-0.2, -0.15) is 13.2 Å². The molecule has 9 heteroatoms. The maximum atomic E-state index is 12.6. The molecule has 0 aromatic heterocycles. The van der Waals surface area contributed by atoms with E-state index in [2.05, 4.69) is 5.32 Å². The molecule has 0 aliphatic rings. The van der Waals surface area contributed by atoms with E-state index < -0.39 is 30.2 Å². The molecular weight excluding hydrogens is 439 g/mol. The third-order valence-electron chi connectivity index (χ3n) is 4.29. The Labute approximate surface area is 187 Å². The van der Waals surface area contributed by atoms with Crippen molar-refractivity contribution in [2.45, 2.75) is 6.18 Å². The zero-order valence-corrected chi connectivity index (χ0v) is 17.3. The Hall–Kier alpha value is -4.01. The smallest absolute Gasteiger partial charge is 0.416 e. The first-order valence-corrected chi connectivity index (χ1v) is 9.87. The lowest BCUT2D eigenvalue weighted by Gasteiger charge is -2.12. The second-order valence-corrected chi connectivity index (χ2v) is 6.71. The van der Waals surface area contributed by atoms with Crippen molar-refractivity contribution in [1.29, 1.82) is 0 Å². The second kappa shape index (κ2) is 11.0. The lowest BCUT2D eigenvalue weighted by Crippen LogP contribution is -2.21. The van der Waals surface area contributed by atoms with Crippen LogP contribution in [-0.2, 0) is 15.7 Å². The number of hydrogen-bond acceptors (Lipinski definition) is 5. The van der Waals surface area contributed by atoms with Gasteiger partial charge in [-0.3, -0.25) is 4.79 Å². The van der Waals surface area contributed by atoms with Crippen LogP contribution >= 0.6 is 0 Å². The monoisotopic (exact) mass is 459 g/mol. The molecule has 0 atom stereocenters. The summed E-state index contributed by atoms with van der Waals surface area (Å²) in [7, 11) is 0. The van der Waals surface area contributed by atoms with E-state index in [1.165, 1.54) is 6.07 Å². The van der Waals surface area contributed by atoms with E-state index in [9.17, 15) is 22.8 Å². The number of amides is 1. The number of nitrogens with one attached hydrogen (secondary N) is 1. The summed E-state index contributed by atoms with van der Waals surface area (Å²) < 4.78 is 53.9. The number of anilines is 1. The minimum Gasteiger partial charge on any atom is -0.490 e. The van der Waals surface area contributed by atoms with Gasteiger partial charge in [-0.05, 0) is 48.5 Å². The molecule has 172 valence electrons. The lowest BCUT2D eigenvalue weighted by atomic mass is 10.2. The summed E-state index contributed by atoms with van der Waals surface area (Å²) in [6.07, 6.45) is -4.47. The number of alkyl halides is 3. The van der Waals surface area contributed by atoms with Gasteiger partial charge < -0.3 is 19.5 Å².